The number of fused-ring (bicyclic) bond motifs is 2. The second-order valence-electron chi connectivity index (χ2n) is 30.8. The number of nitrogens with one attached hydrogen (secondary N) is 10. The van der Waals surface area contributed by atoms with Crippen molar-refractivity contribution in [3.05, 3.63) is 174 Å². The van der Waals surface area contributed by atoms with E-state index in [9.17, 15) is 48.6 Å². The maximum atomic E-state index is 15.7. The summed E-state index contributed by atoms with van der Waals surface area (Å²) in [6.07, 6.45) is 1.22. The number of carbonyl (C=O) groups is 14. The molecule has 2 aliphatic rings. The van der Waals surface area contributed by atoms with Gasteiger partial charge in [-0.1, -0.05) is 169 Å². The number of aromatic amines is 1. The molecule has 1 aromatic heterocycles. The van der Waals surface area contributed by atoms with Crippen molar-refractivity contribution < 1.29 is 77.3 Å². The quantitative estimate of drug-likeness (QED) is 0.0492. The summed E-state index contributed by atoms with van der Waals surface area (Å²) in [4.78, 5) is 214. The number of phenolic OH excluding ortho intramolecular Hbond substituents is 1. The highest BCUT2D eigenvalue weighted by Gasteiger charge is 2.43. The molecule has 33 heteroatoms. The number of aromatic hydroxyl groups is 1. The number of likely N-dealkylation sites (N-methyl/N-ethyl adjacent to an activating group) is 4. The van der Waals surface area contributed by atoms with Crippen LogP contribution < -0.4 is 53.8 Å². The number of unbranched alkanes of at least 4 members (excludes halogenated alkanes) is 1. The van der Waals surface area contributed by atoms with Gasteiger partial charge in [0.05, 0.1) is 37.5 Å². The number of benzene rings is 5. The number of primary amides is 1. The van der Waals surface area contributed by atoms with Crippen LogP contribution in [-0.2, 0) is 99.2 Å². The summed E-state index contributed by atoms with van der Waals surface area (Å²) in [6, 6.07) is 25.6. The van der Waals surface area contributed by atoms with E-state index >= 15 is 28.8 Å². The molecule has 0 radical (unpaired) electrons. The van der Waals surface area contributed by atoms with Crippen LogP contribution in [0.4, 0.5) is 0 Å². The van der Waals surface area contributed by atoms with Gasteiger partial charge in [-0.25, -0.2) is 5.43 Å². The van der Waals surface area contributed by atoms with Crippen molar-refractivity contribution in [2.24, 2.45) is 17.6 Å². The van der Waals surface area contributed by atoms with Crippen molar-refractivity contribution in [3.63, 3.8) is 0 Å². The number of amides is 13. The zero-order valence-corrected chi connectivity index (χ0v) is 69.0. The highest BCUT2D eigenvalue weighted by atomic mass is 32.2. The molecule has 3 heterocycles. The molecular formula is C85H112N16O16S. The van der Waals surface area contributed by atoms with Crippen LogP contribution in [0, 0.1) is 11.8 Å². The Morgan fingerprint density at radius 2 is 1.13 bits per heavy atom. The molecule has 0 saturated carbocycles. The molecule has 0 unspecified atom stereocenters. The van der Waals surface area contributed by atoms with Crippen LogP contribution in [0.5, 0.6) is 5.75 Å². The number of hydrazine groups is 1. The van der Waals surface area contributed by atoms with Gasteiger partial charge in [-0.15, -0.1) is 11.8 Å². The molecule has 8 rings (SSSR count). The number of phenols is 1. The third kappa shape index (κ3) is 26.7. The predicted octanol–water partition coefficient (Wildman–Crippen LogP) is 2.36. The normalized spacial score (nSPS) is 23.1. The van der Waals surface area contributed by atoms with Gasteiger partial charge in [0.25, 0.3) is 5.91 Å². The van der Waals surface area contributed by atoms with E-state index in [2.05, 4.69) is 53.1 Å². The van der Waals surface area contributed by atoms with Gasteiger partial charge in [-0.3, -0.25) is 77.9 Å². The molecule has 32 nitrogen and oxygen atoms in total. The smallest absolute Gasteiger partial charge is 0.305 e. The summed E-state index contributed by atoms with van der Waals surface area (Å²) in [7, 11) is 5.42. The first kappa shape index (κ1) is 91.8. The van der Waals surface area contributed by atoms with E-state index < -0.39 is 181 Å². The average molecular weight is 1650 g/mol. The van der Waals surface area contributed by atoms with E-state index in [1.54, 1.807) is 123 Å². The molecule has 13 amide bonds. The predicted molar refractivity (Wildman–Crippen MR) is 444 cm³/mol. The molecule has 118 heavy (non-hydrogen) atoms. The highest BCUT2D eigenvalue weighted by molar-refractivity contribution is 8.00. The summed E-state index contributed by atoms with van der Waals surface area (Å²) in [5, 5.41) is 40.9. The Hall–Kier alpha value is -11.7. The molecule has 6 aromatic rings. The fraction of sp³-hybridized carbons (Fsp3) is 0.459. The number of carbonyl (C=O) groups excluding carboxylic acids is 13. The zero-order valence-electron chi connectivity index (χ0n) is 68.2. The van der Waals surface area contributed by atoms with Gasteiger partial charge in [0.1, 0.15) is 60.1 Å². The topological polar surface area (TPSA) is 446 Å². The van der Waals surface area contributed by atoms with Crippen LogP contribution >= 0.6 is 11.8 Å². The molecule has 2 saturated heterocycles. The number of para-hydroxylation sites is 1. The zero-order chi connectivity index (χ0) is 85.9. The molecular weight excluding hydrogens is 1530 g/mol. The number of hydrogen-bond acceptors (Lipinski definition) is 18. The number of aromatic nitrogens is 1. The van der Waals surface area contributed by atoms with E-state index in [1.165, 1.54) is 55.0 Å². The molecule has 2 fully saturated rings. The number of nitrogens with zero attached hydrogens (tertiary/aromatic N) is 5. The first-order valence-corrected chi connectivity index (χ1v) is 40.9. The van der Waals surface area contributed by atoms with E-state index in [4.69, 9.17) is 5.73 Å². The Kier molecular flexibility index (Phi) is 34.7. The number of nitrogens with two attached hydrogens (primary N) is 1. The van der Waals surface area contributed by atoms with E-state index in [0.717, 1.165) is 32.5 Å². The summed E-state index contributed by atoms with van der Waals surface area (Å²) >= 11 is 0.898. The number of aliphatic carboxylic acids is 1. The molecule has 2 aliphatic heterocycles. The van der Waals surface area contributed by atoms with Gasteiger partial charge in [0.2, 0.25) is 70.9 Å². The minimum atomic E-state index is -1.86. The van der Waals surface area contributed by atoms with Crippen LogP contribution in [0.25, 0.3) is 10.9 Å². The monoisotopic (exact) mass is 1640 g/mol. The third-order valence-corrected chi connectivity index (χ3v) is 22.0. The standard InChI is InChI=1S/C85H112N16O16S/c1-10-11-32-67-83(115)97(6)48-72(104)90-62(45-74(106)107)77(109)94-75(52(4)5)85(117)99(8)68(42-54-26-17-13-18-27-54)80(112)92-65(41-56-34-36-58(102)37-35-56)82(114)101-38-23-33-71(101)89-61(44-57-46-87-60-31-22-21-30-59(57)60)79(111)96-95-63(39-51(2)3)78(110)93-66(76(108)88-47-70(86)103)49-118-50-73(105)91-64(40-53-24-15-12-16-25-53)81(113)100(9)69(84(116)98(67)7)43-55-28-19-14-20-29-55/h12-22,24-31,34-37,46,51-52,61-69,71,75,87,89,95,102H,10-11,23,32-33,38-45,47-50H2,1-9H3,(H2,86,103)(H,88,108)(H,90,104)(H,91,105)(H,92,112)(H,93,110)(H,94,109)(H,96,111)(H,106,107)/t61-,62-,63-,64-,65-,66-,67-,68-,69-,71-,75-/m0/s1. The Labute approximate surface area is 691 Å². The van der Waals surface area contributed by atoms with Crippen molar-refractivity contribution in [1.29, 1.82) is 0 Å². The molecule has 0 aliphatic carbocycles. The SMILES string of the molecule is CCCC[C@H]1C(=O)N(C)CC(=O)N[C@@H](CC(=O)O)C(=O)N[C@@H](C(C)C)C(=O)N(C)[C@@H](Cc2ccccc2)C(=O)N[C@@H](Cc2ccc(O)cc2)C(=O)N2CCC[C@H]2N[C@@H](Cc2c[nH]c3ccccc23)C(=O)NN[C@@H](CC(C)C)C(=O)N[C@H](C(=O)NCC(N)=O)CSCC(=O)N[C@@H](Cc2ccccc2)C(=O)N(C)[C@@H](Cc2ccccc2)C(=O)N1C. The fourth-order valence-electron chi connectivity index (χ4n) is 14.4. The molecule has 14 N–H and O–H groups in total. The third-order valence-electron chi connectivity index (χ3n) is 20.9. The van der Waals surface area contributed by atoms with Gasteiger partial charge in [-0.2, -0.15) is 0 Å². The van der Waals surface area contributed by atoms with Crippen LogP contribution in [-0.4, -0.2) is 248 Å². The molecule has 11 atom stereocenters. The Bertz CT molecular complexity index is 4460. The Morgan fingerprint density at radius 1 is 0.568 bits per heavy atom. The maximum Gasteiger partial charge on any atom is 0.305 e. The first-order chi connectivity index (χ1) is 56.3. The average Bonchev–Trinajstić information content (AvgIpc) is 1.37. The summed E-state index contributed by atoms with van der Waals surface area (Å²) in [5.74, 6) is -13.7. The molecule has 0 spiro atoms. The van der Waals surface area contributed by atoms with Gasteiger partial charge < -0.3 is 77.3 Å². The van der Waals surface area contributed by atoms with Crippen molar-refractivity contribution in [3.8, 4) is 5.75 Å². The lowest BCUT2D eigenvalue weighted by atomic mass is 9.98. The van der Waals surface area contributed by atoms with Crippen molar-refractivity contribution in [2.75, 3.05) is 59.3 Å². The van der Waals surface area contributed by atoms with Crippen LogP contribution in [0.3, 0.4) is 0 Å². The minimum Gasteiger partial charge on any atom is -0.508 e. The van der Waals surface area contributed by atoms with Crippen LogP contribution in [0.1, 0.15) is 107 Å². The lowest BCUT2D eigenvalue weighted by Gasteiger charge is -2.37. The second kappa shape index (κ2) is 44.6. The second-order valence-corrected chi connectivity index (χ2v) is 31.9. The number of carboxylic acid groups (broad SMARTS) is 1. The van der Waals surface area contributed by atoms with E-state index in [-0.39, 0.29) is 68.9 Å². The Balaban J connectivity index is 1.19. The number of hydrogen-bond donors (Lipinski definition) is 13. The number of H-pyrrole nitrogens is 1. The summed E-state index contributed by atoms with van der Waals surface area (Å²) in [5.41, 5.74) is 14.9. The van der Waals surface area contributed by atoms with Crippen molar-refractivity contribution in [2.45, 2.75) is 178 Å². The summed E-state index contributed by atoms with van der Waals surface area (Å²) in [6.45, 7) is 7.47. The summed E-state index contributed by atoms with van der Waals surface area (Å²) < 4.78 is 0. The van der Waals surface area contributed by atoms with Gasteiger partial charge in [-0.05, 0) is 90.0 Å². The number of thioether (sulfide) groups is 1. The molecule has 5 aromatic carbocycles. The lowest BCUT2D eigenvalue weighted by molar-refractivity contribution is -0.151. The first-order valence-electron chi connectivity index (χ1n) is 39.8. The fourth-order valence-corrected chi connectivity index (χ4v) is 15.3. The van der Waals surface area contributed by atoms with Crippen molar-refractivity contribution >= 4 is 105 Å². The van der Waals surface area contributed by atoms with Crippen LogP contribution in [0.2, 0.25) is 0 Å². The van der Waals surface area contributed by atoms with Gasteiger partial charge >= 0.3 is 5.97 Å². The number of carboxylic acids is 1. The minimum absolute atomic E-state index is 0.00906. The lowest BCUT2D eigenvalue weighted by Crippen LogP contribution is -2.62. The van der Waals surface area contributed by atoms with Gasteiger partial charge in [0.15, 0.2) is 0 Å². The highest BCUT2D eigenvalue weighted by Crippen LogP contribution is 2.26. The van der Waals surface area contributed by atoms with E-state index in [1.807, 2.05) is 45.0 Å². The maximum absolute atomic E-state index is 15.7. The molecule has 634 valence electrons. The van der Waals surface area contributed by atoms with Crippen LogP contribution in [0.15, 0.2) is 146 Å². The Morgan fingerprint density at radius 3 is 1.73 bits per heavy atom. The van der Waals surface area contributed by atoms with Crippen molar-refractivity contribution in [1.82, 2.24) is 77.6 Å². The number of rotatable bonds is 21. The molecule has 0 bridgehead atoms. The van der Waals surface area contributed by atoms with E-state index in [0.29, 0.717) is 53.5 Å². The largest absolute Gasteiger partial charge is 0.508 e. The van der Waals surface area contributed by atoms with Gasteiger partial charge in [0, 0.05) is 83.3 Å².